The molecule has 23 nitrogen and oxygen atoms in total. The first-order valence-corrected chi connectivity index (χ1v) is 20.3. The van der Waals surface area contributed by atoms with Crippen LogP contribution in [0.2, 0.25) is 0 Å². The predicted molar refractivity (Wildman–Crippen MR) is 216 cm³/mol. The average Bonchev–Trinajstić information content (AvgIpc) is 3.21. The fourth-order valence-electron chi connectivity index (χ4n) is 8.21. The smallest absolute Gasteiger partial charge is 0.397 e. The van der Waals surface area contributed by atoms with Crippen molar-refractivity contribution < 1.29 is 106 Å². The van der Waals surface area contributed by atoms with E-state index in [1.165, 1.54) is 45.2 Å². The molecule has 2 fully saturated rings. The number of aryl methyl sites for hydroxylation is 1. The number of carbonyl (C=O) groups is 4. The Bertz CT molecular complexity index is 2540. The number of benzene rings is 3. The van der Waals surface area contributed by atoms with Gasteiger partial charge in [-0.3, -0.25) is 23.7 Å². The molecule has 0 bridgehead atoms. The van der Waals surface area contributed by atoms with E-state index in [4.69, 9.17) is 28.2 Å². The van der Waals surface area contributed by atoms with Crippen LogP contribution in [0.1, 0.15) is 84.9 Å². The maximum absolute atomic E-state index is 14.2. The zero-order chi connectivity index (χ0) is 46.3. The minimum atomic E-state index is -5.11. The second-order valence-electron chi connectivity index (χ2n) is 15.2. The van der Waals surface area contributed by atoms with Crippen LogP contribution in [0.25, 0.3) is 11.1 Å². The van der Waals surface area contributed by atoms with Crippen LogP contribution in [0.4, 0.5) is 0 Å². The van der Waals surface area contributed by atoms with Crippen LogP contribution in [0, 0.1) is 6.92 Å². The number of carbonyl (C=O) groups excluding carboxylic acids is 3. The van der Waals surface area contributed by atoms with E-state index in [9.17, 15) is 73.6 Å². The third kappa shape index (κ3) is 9.19. The summed E-state index contributed by atoms with van der Waals surface area (Å²) in [5.41, 5.74) is -4.94. The van der Waals surface area contributed by atoms with Crippen molar-refractivity contribution >= 4 is 93.0 Å². The molecule has 0 aromatic heterocycles. The SMILES string of the molecule is COc1cccc2c1C(=O)c1c(O)c3c(c(O)c1C2=O)C(O)C(OC1OC(C)C(O)C(OC2OCC(OS(=O)(=O)O)C(O)C2O)C1O)c1cc(C)c(C(=O)NC(C)C(=O)O)c(O)c1-3.[Na].[Na]. The number of aromatic hydroxyl groups is 3. The number of nitrogens with one attached hydrogen (secondary N) is 1. The Morgan fingerprint density at radius 1 is 0.846 bits per heavy atom. The zero-order valence-corrected chi connectivity index (χ0v) is 40.0. The quantitative estimate of drug-likeness (QED) is 0.0476. The fourth-order valence-corrected chi connectivity index (χ4v) is 8.69. The predicted octanol–water partition coefficient (Wildman–Crippen LogP) is -1.77. The van der Waals surface area contributed by atoms with Gasteiger partial charge < -0.3 is 75.0 Å². The fraction of sp³-hybridized carbons (Fsp3) is 0.436. The van der Waals surface area contributed by atoms with Crippen molar-refractivity contribution in [1.29, 1.82) is 0 Å². The number of aliphatic carboxylic acids is 1. The number of phenolic OH excluding ortho intramolecular Hbond substituents is 3. The molecule has 2 aliphatic carbocycles. The standard InChI is InChI=1S/C39H41NO22S.2Na/c1-10-8-14-19(27(44)17(10)36(51)40-11(2)37(52)53)20-21(30(47)22-23(29(20)46)28(45)18-13(25(22)42)6-5-7-15(18)57-4)31(48)34(14)60-39-33(50)35(24(41)12(3)59-39)61-38-32(49)26(43)16(9-58-38)62-63(54,55)56;;/h5-8,11-12,16,24,26,31-35,38-39,41,43-44,46-50H,9H2,1-4H3,(H,40,51)(H,52,53)(H,54,55,56);;. The van der Waals surface area contributed by atoms with Crippen LogP contribution < -0.4 is 10.1 Å². The van der Waals surface area contributed by atoms with Crippen molar-refractivity contribution in [3.8, 4) is 34.1 Å². The Balaban J connectivity index is 0.00000397. The van der Waals surface area contributed by atoms with Gasteiger partial charge in [-0.15, -0.1) is 0 Å². The Morgan fingerprint density at radius 3 is 2.11 bits per heavy atom. The number of methoxy groups -OCH3 is 1. The molecule has 3 aromatic rings. The molecule has 12 unspecified atom stereocenters. The summed E-state index contributed by atoms with van der Waals surface area (Å²) in [6.07, 6.45) is -20.9. The van der Waals surface area contributed by atoms with E-state index in [-0.39, 0.29) is 87.1 Å². The third-order valence-electron chi connectivity index (χ3n) is 11.3. The number of hydrogen-bond donors (Lipinski definition) is 11. The number of phenols is 3. The molecule has 65 heavy (non-hydrogen) atoms. The average molecular weight is 954 g/mol. The molecule has 3 aromatic carbocycles. The summed E-state index contributed by atoms with van der Waals surface area (Å²) in [7, 11) is -3.89. The first kappa shape index (κ1) is 52.6. The van der Waals surface area contributed by atoms with Crippen LogP contribution in [0.5, 0.6) is 23.0 Å². The number of hydrogen-bond acceptors (Lipinski definition) is 20. The molecule has 11 N–H and O–H groups in total. The molecular formula is C39H41NNa2O22S. The van der Waals surface area contributed by atoms with Gasteiger partial charge in [0.2, 0.25) is 5.78 Å². The molecule has 12 atom stereocenters. The number of aliphatic hydroxyl groups excluding tert-OH is 5. The summed E-state index contributed by atoms with van der Waals surface area (Å²) < 4.78 is 63.9. The van der Waals surface area contributed by atoms with E-state index < -0.39 is 165 Å². The Morgan fingerprint density at radius 2 is 1.49 bits per heavy atom. The number of rotatable bonds is 10. The van der Waals surface area contributed by atoms with Gasteiger partial charge in [-0.2, -0.15) is 8.42 Å². The van der Waals surface area contributed by atoms with E-state index in [2.05, 4.69) is 9.50 Å². The van der Waals surface area contributed by atoms with E-state index >= 15 is 0 Å². The summed E-state index contributed by atoms with van der Waals surface area (Å²) >= 11 is 0. The molecule has 2 aliphatic heterocycles. The summed E-state index contributed by atoms with van der Waals surface area (Å²) in [6, 6.07) is 3.69. The van der Waals surface area contributed by atoms with Crippen molar-refractivity contribution in [3.05, 3.63) is 68.8 Å². The van der Waals surface area contributed by atoms with E-state index in [0.29, 0.717) is 0 Å². The van der Waals surface area contributed by atoms with Gasteiger partial charge in [0.15, 0.2) is 18.4 Å². The molecule has 0 saturated carbocycles. The number of ketones is 2. The normalized spacial score (nSPS) is 28.6. The number of carboxylic acid groups (broad SMARTS) is 1. The Hall–Kier alpha value is -3.35. The second kappa shape index (κ2) is 19.7. The maximum Gasteiger partial charge on any atom is 0.397 e. The molecule has 2 radical (unpaired) electrons. The van der Waals surface area contributed by atoms with Crippen LogP contribution in [-0.2, 0) is 38.3 Å². The van der Waals surface area contributed by atoms with Gasteiger partial charge in [0.25, 0.3) is 5.91 Å². The summed E-state index contributed by atoms with van der Waals surface area (Å²) in [4.78, 5) is 53.4. The van der Waals surface area contributed by atoms with Gasteiger partial charge in [-0.25, -0.2) is 4.18 Å². The van der Waals surface area contributed by atoms with Gasteiger partial charge in [-0.1, -0.05) is 18.2 Å². The van der Waals surface area contributed by atoms with Gasteiger partial charge >= 0.3 is 16.4 Å². The van der Waals surface area contributed by atoms with E-state index in [1.807, 2.05) is 0 Å². The van der Waals surface area contributed by atoms with Crippen LogP contribution in [0.15, 0.2) is 24.3 Å². The van der Waals surface area contributed by atoms with Gasteiger partial charge in [0.05, 0.1) is 42.1 Å². The molecule has 342 valence electrons. The first-order valence-electron chi connectivity index (χ1n) is 18.9. The van der Waals surface area contributed by atoms with Crippen LogP contribution in [0.3, 0.4) is 0 Å². The van der Waals surface area contributed by atoms with Gasteiger partial charge in [0.1, 0.15) is 77.9 Å². The molecule has 26 heteroatoms. The molecule has 2 saturated heterocycles. The number of carboxylic acids is 1. The van der Waals surface area contributed by atoms with Gasteiger partial charge in [0, 0.05) is 81.4 Å². The molecule has 7 rings (SSSR count). The van der Waals surface area contributed by atoms with Gasteiger partial charge in [-0.05, 0) is 38.0 Å². The minimum Gasteiger partial charge on any atom is -0.507 e. The second-order valence-corrected chi connectivity index (χ2v) is 16.3. The third-order valence-corrected chi connectivity index (χ3v) is 11.8. The summed E-state index contributed by atoms with van der Waals surface area (Å²) in [6.45, 7) is 2.94. The summed E-state index contributed by atoms with van der Waals surface area (Å²) in [5.74, 6) is -7.78. The van der Waals surface area contributed by atoms with Crippen molar-refractivity contribution in [2.45, 2.75) is 94.3 Å². The minimum absolute atomic E-state index is 0. The van der Waals surface area contributed by atoms with E-state index in [0.717, 1.165) is 6.92 Å². The largest absolute Gasteiger partial charge is 0.507 e. The van der Waals surface area contributed by atoms with Crippen molar-refractivity contribution in [3.63, 3.8) is 0 Å². The number of ether oxygens (including phenoxy) is 5. The van der Waals surface area contributed by atoms with Crippen molar-refractivity contribution in [2.24, 2.45) is 0 Å². The summed E-state index contributed by atoms with van der Waals surface area (Å²) in [5, 5.41) is 104. The van der Waals surface area contributed by atoms with Crippen molar-refractivity contribution in [2.75, 3.05) is 13.7 Å². The topological polar surface area (TPSA) is 372 Å². The molecular weight excluding hydrogens is 912 g/mol. The maximum atomic E-state index is 14.2. The first-order chi connectivity index (χ1) is 29.5. The molecule has 1 amide bonds. The molecule has 2 heterocycles. The number of amides is 1. The Kier molecular flexibility index (Phi) is 16.0. The zero-order valence-electron chi connectivity index (χ0n) is 35.2. The van der Waals surface area contributed by atoms with E-state index in [1.54, 1.807) is 0 Å². The van der Waals surface area contributed by atoms with Crippen LogP contribution >= 0.6 is 0 Å². The Labute approximate surface area is 412 Å². The molecule has 4 aliphatic rings. The molecule has 0 spiro atoms. The number of aliphatic hydroxyl groups is 5. The van der Waals surface area contributed by atoms with Crippen molar-refractivity contribution in [1.82, 2.24) is 5.32 Å². The van der Waals surface area contributed by atoms with Crippen LogP contribution in [-0.4, -0.2) is 217 Å². The number of fused-ring (bicyclic) bond motifs is 5. The monoisotopic (exact) mass is 953 g/mol.